The molecule has 0 bridgehead atoms. The average molecular weight is 1750 g/mol. The Kier molecular flexibility index (Phi) is 76.8. The van der Waals surface area contributed by atoms with Gasteiger partial charge in [0.05, 0.1) is 184 Å². The molecular formula is C75H176F4O16Si12. The number of halogens is 4. The molecule has 16 nitrogen and oxygen atoms in total. The Morgan fingerprint density at radius 3 is 0.523 bits per heavy atom. The van der Waals surface area contributed by atoms with Crippen LogP contribution in [0.3, 0.4) is 0 Å². The molecule has 0 aromatic carbocycles. The van der Waals surface area contributed by atoms with Crippen LogP contribution in [0.4, 0.5) is 17.6 Å². The Bertz CT molecular complexity index is 1680. The molecule has 32 heteroatoms. The summed E-state index contributed by atoms with van der Waals surface area (Å²) in [5, 5.41) is 0. The molecule has 0 amide bonds. The van der Waals surface area contributed by atoms with Gasteiger partial charge in [0.2, 0.25) is 0 Å². The molecule has 0 N–H and O–H groups in total. The molecule has 0 saturated carbocycles. The van der Waals surface area contributed by atoms with E-state index in [2.05, 4.69) is 131 Å². The first-order valence-electron chi connectivity index (χ1n) is 42.5. The summed E-state index contributed by atoms with van der Waals surface area (Å²) in [6.07, 6.45) is 2.63. The lowest BCUT2D eigenvalue weighted by molar-refractivity contribution is -0.288. The van der Waals surface area contributed by atoms with Gasteiger partial charge in [0.25, 0.3) is 0 Å². The van der Waals surface area contributed by atoms with E-state index >= 15 is 0 Å². The van der Waals surface area contributed by atoms with Crippen molar-refractivity contribution in [3.05, 3.63) is 0 Å². The van der Waals surface area contributed by atoms with Crippen molar-refractivity contribution in [3.63, 3.8) is 0 Å². The van der Waals surface area contributed by atoms with E-state index in [1.165, 1.54) is 24.2 Å². The van der Waals surface area contributed by atoms with E-state index in [1.54, 1.807) is 0 Å². The van der Waals surface area contributed by atoms with E-state index in [0.717, 1.165) is 102 Å². The molecule has 0 fully saturated rings. The number of ether oxygens (including phenoxy) is 16. The van der Waals surface area contributed by atoms with Crippen molar-refractivity contribution < 1.29 is 93.4 Å². The van der Waals surface area contributed by atoms with Crippen molar-refractivity contribution >= 4 is 106 Å². The molecule has 648 valence electrons. The van der Waals surface area contributed by atoms with E-state index in [4.69, 9.17) is 75.8 Å². The van der Waals surface area contributed by atoms with Gasteiger partial charge in [0.15, 0.2) is 0 Å². The predicted octanol–water partition coefficient (Wildman–Crippen LogP) is 14.5. The quantitative estimate of drug-likeness (QED) is 0.0323. The highest BCUT2D eigenvalue weighted by Crippen LogP contribution is 2.33. The average Bonchev–Trinajstić information content (AvgIpc) is 0.843. The molecule has 0 aromatic rings. The first-order chi connectivity index (χ1) is 50.4. The normalized spacial score (nSPS) is 13.0. The van der Waals surface area contributed by atoms with Crippen molar-refractivity contribution in [1.82, 2.24) is 0 Å². The molecule has 0 saturated heterocycles. The zero-order chi connectivity index (χ0) is 81.3. The van der Waals surface area contributed by atoms with Crippen LogP contribution in [0.15, 0.2) is 0 Å². The molecule has 0 aromatic heterocycles. The fourth-order valence-corrected chi connectivity index (χ4v) is 20.6. The molecule has 0 atom stereocenters. The number of alkyl halides is 4. The lowest BCUT2D eigenvalue weighted by atomic mass is 9.92. The summed E-state index contributed by atoms with van der Waals surface area (Å²) < 4.78 is 153. The van der Waals surface area contributed by atoms with Crippen molar-refractivity contribution in [1.29, 1.82) is 0 Å². The molecular weight excluding hydrogens is 1570 g/mol. The van der Waals surface area contributed by atoms with Crippen molar-refractivity contribution in [2.75, 3.05) is 197 Å². The maximum Gasteiger partial charge on any atom is 0.355 e. The third-order valence-corrected chi connectivity index (χ3v) is 32.9. The highest BCUT2D eigenvalue weighted by Gasteiger charge is 2.42. The Balaban J connectivity index is -0.00000158. The summed E-state index contributed by atoms with van der Waals surface area (Å²) >= 11 is 0. The van der Waals surface area contributed by atoms with E-state index < -0.39 is 142 Å². The van der Waals surface area contributed by atoms with E-state index in [-0.39, 0.29) is 31.5 Å². The van der Waals surface area contributed by atoms with Gasteiger partial charge in [-0.3, -0.25) is 0 Å². The summed E-state index contributed by atoms with van der Waals surface area (Å²) in [6, 6.07) is 8.39. The van der Waals surface area contributed by atoms with Crippen LogP contribution in [0.25, 0.3) is 0 Å². The first kappa shape index (κ1) is 113. The molecule has 0 spiro atoms. The van der Waals surface area contributed by atoms with E-state index in [1.807, 2.05) is 26.2 Å². The van der Waals surface area contributed by atoms with Gasteiger partial charge in [-0.25, -0.2) is 0 Å². The van der Waals surface area contributed by atoms with Crippen LogP contribution in [0.5, 0.6) is 0 Å². The maximum absolute atomic E-state index is 14.6. The lowest BCUT2D eigenvalue weighted by Gasteiger charge is -2.35. The van der Waals surface area contributed by atoms with Crippen LogP contribution in [0.2, 0.25) is 205 Å². The van der Waals surface area contributed by atoms with Crippen LogP contribution >= 0.6 is 0 Å². The second-order valence-corrected chi connectivity index (χ2v) is 75.2. The van der Waals surface area contributed by atoms with E-state index in [9.17, 15) is 17.6 Å². The molecule has 0 aliphatic heterocycles. The topological polar surface area (TPSA) is 148 Å². The monoisotopic (exact) mass is 1750 g/mol. The van der Waals surface area contributed by atoms with Gasteiger partial charge in [-0.05, 0) is 38.5 Å². The van der Waals surface area contributed by atoms with Crippen molar-refractivity contribution in [3.8, 4) is 0 Å². The fourth-order valence-electron chi connectivity index (χ4n) is 10.5. The molecule has 0 rings (SSSR count). The fraction of sp³-hybridized carbons (Fsp3) is 1.00. The summed E-state index contributed by atoms with van der Waals surface area (Å²) in [4.78, 5) is 0. The lowest BCUT2D eigenvalue weighted by Crippen LogP contribution is -2.45. The highest BCUT2D eigenvalue weighted by molar-refractivity contribution is 6.58. The molecule has 107 heavy (non-hydrogen) atoms. The summed E-state index contributed by atoms with van der Waals surface area (Å²) in [7, 11) is -8.76. The molecule has 0 aliphatic carbocycles. The number of hydrogen-bond acceptors (Lipinski definition) is 16. The Hall–Kier alpha value is 1.68. The summed E-state index contributed by atoms with van der Waals surface area (Å²) in [5.41, 5.74) is -1.82. The standard InChI is InChI=1S/C33H76O8Si4.C25H56F4O4Si4.C17H44O4Si4/c1-42(2)25-9-13-34-17-21-38-29-33(30-39-22-18-35-14-10-26-43(3)4,31-40-23-19-36-15-11-27-44(5)6)32-41-24-20-37-16-12-28-45(7)8;1-34(2)15-9-13-30-19-23(20-31-14-10-16-35(3)4,21-32-24(26,27)11-17-36(5)6)22-33-25(28,29)12-18-37(7)8;1-22(2)13-18-9-17(10-19-14-23(3)4,11-20-15-24(5)6)12-21-16-25(7)8/h42-45H,9-32H2,1-8H3;34-37H,9-22H2,1-8H3;22-25H,9-16H2,1-8H3. The van der Waals surface area contributed by atoms with Gasteiger partial charge in [-0.15, -0.1) is 0 Å². The van der Waals surface area contributed by atoms with Gasteiger partial charge in [0.1, 0.15) is 0 Å². The maximum atomic E-state index is 14.6. The Morgan fingerprint density at radius 2 is 0.336 bits per heavy atom. The van der Waals surface area contributed by atoms with E-state index in [0.29, 0.717) is 131 Å². The summed E-state index contributed by atoms with van der Waals surface area (Å²) in [5.74, 6) is 0. The van der Waals surface area contributed by atoms with Gasteiger partial charge >= 0.3 is 12.2 Å². The van der Waals surface area contributed by atoms with Gasteiger partial charge in [-0.1, -0.05) is 205 Å². The van der Waals surface area contributed by atoms with Crippen molar-refractivity contribution in [2.45, 2.75) is 269 Å². The minimum absolute atomic E-state index is 0.0183. The van der Waals surface area contributed by atoms with Gasteiger partial charge < -0.3 is 75.8 Å². The number of rotatable bonds is 76. The molecule has 0 heterocycles. The van der Waals surface area contributed by atoms with Crippen molar-refractivity contribution in [2.24, 2.45) is 16.2 Å². The Morgan fingerprint density at radius 1 is 0.178 bits per heavy atom. The van der Waals surface area contributed by atoms with Crippen LogP contribution < -0.4 is 0 Å². The minimum atomic E-state index is -3.32. The van der Waals surface area contributed by atoms with Crippen LogP contribution in [0, 0.1) is 16.2 Å². The third kappa shape index (κ3) is 81.2. The van der Waals surface area contributed by atoms with Gasteiger partial charge in [0, 0.05) is 148 Å². The van der Waals surface area contributed by atoms with Gasteiger partial charge in [-0.2, -0.15) is 17.6 Å². The molecule has 0 aliphatic rings. The smallest absolute Gasteiger partial charge is 0.355 e. The van der Waals surface area contributed by atoms with Crippen LogP contribution in [0.1, 0.15) is 51.4 Å². The zero-order valence-electron chi connectivity index (χ0n) is 74.0. The SMILES string of the molecule is C[SiH](C)CCCOCC(COCCC[SiH](C)C)(COC(F)(F)CC[SiH](C)C)COC(F)(F)CC[SiH](C)C.C[SiH](C)CCCOCCOCC(COCCOCCC[SiH](C)C)(COCCOCCC[SiH](C)C)COCCOCCC[SiH](C)C.C[SiH](C)COCC(COC[SiH](C)C)(COC[SiH](C)C)COC[SiH](C)C. The zero-order valence-corrected chi connectivity index (χ0v) is 87.9. The first-order valence-corrected chi connectivity index (χ1v) is 80.0. The molecule has 0 radical (unpaired) electrons. The van der Waals surface area contributed by atoms with Crippen LogP contribution in [-0.2, 0) is 75.8 Å². The Labute approximate surface area is 676 Å². The summed E-state index contributed by atoms with van der Waals surface area (Å²) in [6.45, 7) is 67.3. The second-order valence-electron chi connectivity index (χ2n) is 35.8. The predicted molar refractivity (Wildman–Crippen MR) is 482 cm³/mol. The minimum Gasteiger partial charge on any atom is -0.384 e. The second kappa shape index (κ2) is 72.9. The highest BCUT2D eigenvalue weighted by atomic mass is 28.3. The molecule has 0 unspecified atom stereocenters. The van der Waals surface area contributed by atoms with Crippen LogP contribution in [-0.4, -0.2) is 314 Å². The third-order valence-electron chi connectivity index (χ3n) is 17.0. The number of hydrogen-bond donors (Lipinski definition) is 0. The largest absolute Gasteiger partial charge is 0.384 e.